The molecular formula is C9H5F3N2O3. The van der Waals surface area contributed by atoms with Crippen LogP contribution in [0.2, 0.25) is 0 Å². The van der Waals surface area contributed by atoms with Gasteiger partial charge in [-0.2, -0.15) is 5.26 Å². The highest BCUT2D eigenvalue weighted by Gasteiger charge is 2.32. The lowest BCUT2D eigenvalue weighted by Gasteiger charge is -2.11. The normalized spacial score (nSPS) is 10.7. The largest absolute Gasteiger partial charge is 0.573 e. The number of nitrogens with zero attached hydrogens (tertiary/aromatic N) is 2. The highest BCUT2D eigenvalue weighted by molar-refractivity contribution is 5.71. The summed E-state index contributed by atoms with van der Waals surface area (Å²) in [7, 11) is 0. The van der Waals surface area contributed by atoms with Crippen LogP contribution in [0.15, 0.2) is 12.3 Å². The van der Waals surface area contributed by atoms with Gasteiger partial charge in [0.1, 0.15) is 11.8 Å². The molecule has 0 aliphatic carbocycles. The van der Waals surface area contributed by atoms with Crippen molar-refractivity contribution in [2.24, 2.45) is 0 Å². The third-order valence-corrected chi connectivity index (χ3v) is 1.63. The number of rotatable bonds is 3. The van der Waals surface area contributed by atoms with E-state index in [1.54, 1.807) is 6.07 Å². The van der Waals surface area contributed by atoms with Crippen molar-refractivity contribution in [2.75, 3.05) is 0 Å². The molecule has 1 aromatic heterocycles. The van der Waals surface area contributed by atoms with Crippen LogP contribution in [0.3, 0.4) is 0 Å². The number of alkyl halides is 3. The fourth-order valence-corrected chi connectivity index (χ4v) is 1.06. The third kappa shape index (κ3) is 3.98. The first-order valence-corrected chi connectivity index (χ1v) is 4.18. The first-order chi connectivity index (χ1) is 7.81. The van der Waals surface area contributed by atoms with Gasteiger partial charge in [0, 0.05) is 5.56 Å². The molecule has 0 unspecified atom stereocenters. The molecule has 8 heteroatoms. The quantitative estimate of drug-likeness (QED) is 0.873. The summed E-state index contributed by atoms with van der Waals surface area (Å²) in [5, 5.41) is 17.0. The molecule has 1 N–H and O–H groups in total. The van der Waals surface area contributed by atoms with Gasteiger partial charge in [-0.3, -0.25) is 4.79 Å². The van der Waals surface area contributed by atoms with Gasteiger partial charge in [-0.1, -0.05) is 0 Å². The Hall–Kier alpha value is -2.30. The molecule has 5 nitrogen and oxygen atoms in total. The van der Waals surface area contributed by atoms with Crippen LogP contribution in [-0.4, -0.2) is 22.4 Å². The summed E-state index contributed by atoms with van der Waals surface area (Å²) in [4.78, 5) is 13.8. The summed E-state index contributed by atoms with van der Waals surface area (Å²) in [5.74, 6) is -2.06. The zero-order valence-corrected chi connectivity index (χ0v) is 8.15. The van der Waals surface area contributed by atoms with Crippen LogP contribution in [0.25, 0.3) is 0 Å². The van der Waals surface area contributed by atoms with Crippen LogP contribution in [0, 0.1) is 11.3 Å². The minimum Gasteiger partial charge on any atom is -0.481 e. The van der Waals surface area contributed by atoms with Crippen molar-refractivity contribution in [3.05, 3.63) is 23.5 Å². The van der Waals surface area contributed by atoms with E-state index in [0.717, 1.165) is 6.07 Å². The molecule has 0 saturated carbocycles. The van der Waals surface area contributed by atoms with Crippen LogP contribution in [0.4, 0.5) is 13.2 Å². The van der Waals surface area contributed by atoms with E-state index in [1.165, 1.54) is 0 Å². The summed E-state index contributed by atoms with van der Waals surface area (Å²) in [6, 6.07) is 2.53. The second-order valence-corrected chi connectivity index (χ2v) is 2.91. The monoisotopic (exact) mass is 246 g/mol. The molecule has 0 radical (unpaired) electrons. The van der Waals surface area contributed by atoms with Crippen molar-refractivity contribution in [1.82, 2.24) is 4.98 Å². The van der Waals surface area contributed by atoms with Gasteiger partial charge >= 0.3 is 12.3 Å². The Labute approximate surface area is 93.1 Å². The second kappa shape index (κ2) is 4.69. The van der Waals surface area contributed by atoms with Gasteiger partial charge in [-0.15, -0.1) is 13.2 Å². The summed E-state index contributed by atoms with van der Waals surface area (Å²) in [6.45, 7) is 0. The number of nitriles is 1. The Morgan fingerprint density at radius 3 is 2.71 bits per heavy atom. The molecule has 0 amide bonds. The number of carboxylic acids is 1. The van der Waals surface area contributed by atoms with Crippen LogP contribution in [0.5, 0.6) is 5.75 Å². The van der Waals surface area contributed by atoms with E-state index in [9.17, 15) is 18.0 Å². The number of aliphatic carboxylic acids is 1. The maximum atomic E-state index is 12.0. The standard InChI is InChI=1S/C9H5F3N2O3/c10-9(11,12)17-7-4-14-6(3-13)1-5(7)2-8(15)16/h1,4H,2H2,(H,15,16). The Balaban J connectivity index is 3.11. The topological polar surface area (TPSA) is 83.2 Å². The number of hydrogen-bond acceptors (Lipinski definition) is 4. The minimum atomic E-state index is -4.94. The summed E-state index contributed by atoms with van der Waals surface area (Å²) in [5.41, 5.74) is -0.447. The summed E-state index contributed by atoms with van der Waals surface area (Å²) in [6.07, 6.45) is -4.96. The maximum Gasteiger partial charge on any atom is 0.573 e. The number of aromatic nitrogens is 1. The van der Waals surface area contributed by atoms with Crippen molar-refractivity contribution < 1.29 is 27.8 Å². The molecule has 1 rings (SSSR count). The minimum absolute atomic E-state index is 0.184. The smallest absolute Gasteiger partial charge is 0.481 e. The van der Waals surface area contributed by atoms with E-state index in [0.29, 0.717) is 6.20 Å². The average molecular weight is 246 g/mol. The van der Waals surface area contributed by atoms with Gasteiger partial charge in [0.15, 0.2) is 5.75 Å². The molecule has 0 spiro atoms. The van der Waals surface area contributed by atoms with Crippen molar-refractivity contribution in [3.8, 4) is 11.8 Å². The Morgan fingerprint density at radius 1 is 1.59 bits per heavy atom. The van der Waals surface area contributed by atoms with E-state index in [4.69, 9.17) is 10.4 Å². The van der Waals surface area contributed by atoms with Crippen LogP contribution < -0.4 is 4.74 Å². The molecule has 0 aliphatic heterocycles. The lowest BCUT2D eigenvalue weighted by atomic mass is 10.1. The summed E-state index contributed by atoms with van der Waals surface area (Å²) >= 11 is 0. The van der Waals surface area contributed by atoms with Gasteiger partial charge < -0.3 is 9.84 Å². The fraction of sp³-hybridized carbons (Fsp3) is 0.222. The van der Waals surface area contributed by atoms with E-state index in [-0.39, 0.29) is 11.3 Å². The number of carboxylic acid groups (broad SMARTS) is 1. The van der Waals surface area contributed by atoms with Crippen LogP contribution in [-0.2, 0) is 11.2 Å². The van der Waals surface area contributed by atoms with Gasteiger partial charge in [-0.05, 0) is 6.07 Å². The van der Waals surface area contributed by atoms with E-state index in [1.807, 2.05) is 0 Å². The molecule has 1 aromatic rings. The maximum absolute atomic E-state index is 12.0. The molecule has 1 heterocycles. The number of halogens is 3. The van der Waals surface area contributed by atoms with Gasteiger partial charge in [0.05, 0.1) is 12.6 Å². The summed E-state index contributed by atoms with van der Waals surface area (Å²) < 4.78 is 39.5. The zero-order chi connectivity index (χ0) is 13.1. The number of hydrogen-bond donors (Lipinski definition) is 1. The van der Waals surface area contributed by atoms with Gasteiger partial charge in [0.2, 0.25) is 0 Å². The highest BCUT2D eigenvalue weighted by Crippen LogP contribution is 2.26. The number of ether oxygens (including phenoxy) is 1. The first kappa shape index (κ1) is 12.8. The first-order valence-electron chi connectivity index (χ1n) is 4.18. The molecule has 0 bridgehead atoms. The predicted molar refractivity (Wildman–Crippen MR) is 47.0 cm³/mol. The third-order valence-electron chi connectivity index (χ3n) is 1.63. The van der Waals surface area contributed by atoms with Crippen molar-refractivity contribution in [3.63, 3.8) is 0 Å². The molecule has 17 heavy (non-hydrogen) atoms. The van der Waals surface area contributed by atoms with Crippen molar-refractivity contribution in [2.45, 2.75) is 12.8 Å². The number of carbonyl (C=O) groups is 1. The molecule has 0 atom stereocenters. The Morgan fingerprint density at radius 2 is 2.24 bits per heavy atom. The SMILES string of the molecule is N#Cc1cc(CC(=O)O)c(OC(F)(F)F)cn1. The van der Waals surface area contributed by atoms with E-state index in [2.05, 4.69) is 9.72 Å². The predicted octanol–water partition coefficient (Wildman–Crippen LogP) is 1.48. The number of pyridine rings is 1. The van der Waals surface area contributed by atoms with Gasteiger partial charge in [-0.25, -0.2) is 4.98 Å². The van der Waals surface area contributed by atoms with Crippen LogP contribution in [0.1, 0.15) is 11.3 Å². The lowest BCUT2D eigenvalue weighted by molar-refractivity contribution is -0.275. The lowest BCUT2D eigenvalue weighted by Crippen LogP contribution is -2.19. The molecular weight excluding hydrogens is 241 g/mol. The average Bonchev–Trinajstić information content (AvgIpc) is 2.17. The molecule has 0 aromatic carbocycles. The van der Waals surface area contributed by atoms with Crippen molar-refractivity contribution >= 4 is 5.97 Å². The molecule has 0 saturated heterocycles. The van der Waals surface area contributed by atoms with E-state index < -0.39 is 24.5 Å². The Kier molecular flexibility index (Phi) is 3.52. The zero-order valence-electron chi connectivity index (χ0n) is 8.15. The van der Waals surface area contributed by atoms with Gasteiger partial charge in [0.25, 0.3) is 0 Å². The molecule has 0 fully saturated rings. The molecule has 0 aliphatic rings. The second-order valence-electron chi connectivity index (χ2n) is 2.91. The Bertz CT molecular complexity index is 479. The van der Waals surface area contributed by atoms with Crippen LogP contribution >= 0.6 is 0 Å². The molecule has 90 valence electrons. The van der Waals surface area contributed by atoms with E-state index >= 15 is 0 Å². The highest BCUT2D eigenvalue weighted by atomic mass is 19.4. The fourth-order valence-electron chi connectivity index (χ4n) is 1.06. The van der Waals surface area contributed by atoms with Crippen molar-refractivity contribution in [1.29, 1.82) is 5.26 Å².